The molecule has 1 aliphatic heterocycles. The zero-order chi connectivity index (χ0) is 15.6. The Morgan fingerprint density at radius 1 is 1.43 bits per heavy atom. The molecule has 0 aromatic heterocycles. The van der Waals surface area contributed by atoms with E-state index in [0.717, 1.165) is 0 Å². The summed E-state index contributed by atoms with van der Waals surface area (Å²) < 4.78 is 26.5. The highest BCUT2D eigenvalue weighted by Gasteiger charge is 2.37. The summed E-state index contributed by atoms with van der Waals surface area (Å²) in [5.41, 5.74) is 0.260. The fourth-order valence-corrected chi connectivity index (χ4v) is 4.23. The number of benzene rings is 1. The minimum absolute atomic E-state index is 0.0273. The second kappa shape index (κ2) is 5.84. The van der Waals surface area contributed by atoms with Crippen LogP contribution in [0.4, 0.5) is 0 Å². The van der Waals surface area contributed by atoms with E-state index < -0.39 is 21.9 Å². The average molecular weight is 308 g/mol. The number of sulfonamides is 1. The molecule has 6 nitrogen and oxygen atoms in total. The molecule has 1 N–H and O–H groups in total. The number of nitrogens with zero attached hydrogens (tertiary/aromatic N) is 2. The van der Waals surface area contributed by atoms with Gasteiger partial charge in [-0.1, -0.05) is 6.07 Å². The second-order valence-corrected chi connectivity index (χ2v) is 7.07. The predicted molar refractivity (Wildman–Crippen MR) is 74.9 cm³/mol. The van der Waals surface area contributed by atoms with Crippen LogP contribution in [-0.2, 0) is 14.8 Å². The Balaban J connectivity index is 2.37. The molecule has 1 fully saturated rings. The first-order chi connectivity index (χ1) is 9.86. The van der Waals surface area contributed by atoms with Crippen molar-refractivity contribution in [3.8, 4) is 6.07 Å². The van der Waals surface area contributed by atoms with Crippen molar-refractivity contribution in [2.24, 2.45) is 5.92 Å². The van der Waals surface area contributed by atoms with Gasteiger partial charge in [0.25, 0.3) is 0 Å². The van der Waals surface area contributed by atoms with E-state index in [-0.39, 0.29) is 23.0 Å². The maximum atomic E-state index is 12.7. The van der Waals surface area contributed by atoms with Crippen LogP contribution in [0.15, 0.2) is 29.2 Å². The van der Waals surface area contributed by atoms with Crippen molar-refractivity contribution >= 4 is 16.0 Å². The largest absolute Gasteiger partial charge is 0.481 e. The SMILES string of the molecule is CC1CCC(C(=O)O)CN1S(=O)(=O)c1cccc(C#N)c1. The van der Waals surface area contributed by atoms with Gasteiger partial charge in [-0.25, -0.2) is 8.42 Å². The number of hydrogen-bond donors (Lipinski definition) is 1. The number of carbonyl (C=O) groups is 1. The summed E-state index contributed by atoms with van der Waals surface area (Å²) in [7, 11) is -3.79. The second-order valence-electron chi connectivity index (χ2n) is 5.18. The lowest BCUT2D eigenvalue weighted by Crippen LogP contribution is -2.47. The number of hydrogen-bond acceptors (Lipinski definition) is 4. The predicted octanol–water partition coefficient (Wildman–Crippen LogP) is 1.43. The monoisotopic (exact) mass is 308 g/mol. The van der Waals surface area contributed by atoms with Crippen LogP contribution < -0.4 is 0 Å². The normalized spacial score (nSPS) is 23.4. The Bertz CT molecular complexity index is 693. The van der Waals surface area contributed by atoms with Gasteiger partial charge < -0.3 is 5.11 Å². The van der Waals surface area contributed by atoms with E-state index in [1.165, 1.54) is 28.6 Å². The molecular formula is C14H16N2O4S. The van der Waals surface area contributed by atoms with Gasteiger partial charge in [0, 0.05) is 12.6 Å². The van der Waals surface area contributed by atoms with Crippen molar-refractivity contribution in [2.75, 3.05) is 6.54 Å². The van der Waals surface area contributed by atoms with Crippen molar-refractivity contribution in [1.82, 2.24) is 4.31 Å². The number of carboxylic acids is 1. The zero-order valence-electron chi connectivity index (χ0n) is 11.6. The van der Waals surface area contributed by atoms with E-state index in [9.17, 15) is 13.2 Å². The molecule has 2 unspecified atom stereocenters. The maximum absolute atomic E-state index is 12.7. The summed E-state index contributed by atoms with van der Waals surface area (Å²) in [5.74, 6) is -1.66. The van der Waals surface area contributed by atoms with Crippen molar-refractivity contribution in [3.05, 3.63) is 29.8 Å². The number of carboxylic acid groups (broad SMARTS) is 1. The molecular weight excluding hydrogens is 292 g/mol. The highest BCUT2D eigenvalue weighted by Crippen LogP contribution is 2.28. The molecule has 1 aliphatic rings. The van der Waals surface area contributed by atoms with Crippen molar-refractivity contribution < 1.29 is 18.3 Å². The Kier molecular flexibility index (Phi) is 4.30. The van der Waals surface area contributed by atoms with Gasteiger partial charge in [0.05, 0.1) is 22.4 Å². The van der Waals surface area contributed by atoms with Gasteiger partial charge in [0.1, 0.15) is 0 Å². The molecule has 0 saturated carbocycles. The molecule has 0 bridgehead atoms. The minimum atomic E-state index is -3.79. The highest BCUT2D eigenvalue weighted by molar-refractivity contribution is 7.89. The maximum Gasteiger partial charge on any atom is 0.307 e. The summed E-state index contributed by atoms with van der Waals surface area (Å²) in [6, 6.07) is 7.42. The molecule has 7 heteroatoms. The molecule has 1 aromatic rings. The van der Waals surface area contributed by atoms with E-state index in [1.807, 2.05) is 6.07 Å². The number of nitriles is 1. The van der Waals surface area contributed by atoms with Crippen LogP contribution in [0.25, 0.3) is 0 Å². The first-order valence-corrected chi connectivity index (χ1v) is 8.05. The molecule has 2 rings (SSSR count). The zero-order valence-corrected chi connectivity index (χ0v) is 12.4. The standard InChI is InChI=1S/C14H16N2O4S/c1-10-5-6-12(14(17)18)9-16(10)21(19,20)13-4-2-3-11(7-13)8-15/h2-4,7,10,12H,5-6,9H2,1H3,(H,17,18). The number of aliphatic carboxylic acids is 1. The fraction of sp³-hybridized carbons (Fsp3) is 0.429. The van der Waals surface area contributed by atoms with Crippen molar-refractivity contribution in [3.63, 3.8) is 0 Å². The molecule has 112 valence electrons. The fourth-order valence-electron chi connectivity index (χ4n) is 2.47. The van der Waals surface area contributed by atoms with Crippen LogP contribution in [0, 0.1) is 17.2 Å². The van der Waals surface area contributed by atoms with Crippen LogP contribution in [0.1, 0.15) is 25.3 Å². The minimum Gasteiger partial charge on any atom is -0.481 e. The molecule has 0 amide bonds. The summed E-state index contributed by atoms with van der Waals surface area (Å²) in [5, 5.41) is 18.0. The van der Waals surface area contributed by atoms with Gasteiger partial charge in [-0.05, 0) is 38.0 Å². The first kappa shape index (κ1) is 15.5. The average Bonchev–Trinajstić information content (AvgIpc) is 2.47. The van der Waals surface area contributed by atoms with Crippen LogP contribution in [-0.4, -0.2) is 36.4 Å². The Morgan fingerprint density at radius 2 is 2.14 bits per heavy atom. The van der Waals surface area contributed by atoms with Crippen molar-refractivity contribution in [1.29, 1.82) is 5.26 Å². The van der Waals surface area contributed by atoms with E-state index in [1.54, 1.807) is 6.92 Å². The summed E-state index contributed by atoms with van der Waals surface area (Å²) >= 11 is 0. The lowest BCUT2D eigenvalue weighted by molar-refractivity contribution is -0.143. The van der Waals surface area contributed by atoms with E-state index in [2.05, 4.69) is 0 Å². The third kappa shape index (κ3) is 3.06. The molecule has 0 aliphatic carbocycles. The van der Waals surface area contributed by atoms with Crippen LogP contribution in [0.2, 0.25) is 0 Å². The lowest BCUT2D eigenvalue weighted by atomic mass is 9.96. The van der Waals surface area contributed by atoms with Gasteiger partial charge in [0.15, 0.2) is 0 Å². The quantitative estimate of drug-likeness (QED) is 0.910. The Hall–Kier alpha value is -1.91. The molecule has 21 heavy (non-hydrogen) atoms. The van der Waals surface area contributed by atoms with Crippen molar-refractivity contribution in [2.45, 2.75) is 30.7 Å². The smallest absolute Gasteiger partial charge is 0.307 e. The molecule has 1 aromatic carbocycles. The molecule has 0 radical (unpaired) electrons. The van der Waals surface area contributed by atoms with Gasteiger partial charge in [-0.2, -0.15) is 9.57 Å². The van der Waals surface area contributed by atoms with Gasteiger partial charge >= 0.3 is 5.97 Å². The summed E-state index contributed by atoms with van der Waals surface area (Å²) in [6.07, 6.45) is 0.981. The summed E-state index contributed by atoms with van der Waals surface area (Å²) in [4.78, 5) is 11.1. The van der Waals surface area contributed by atoms with E-state index >= 15 is 0 Å². The third-order valence-corrected chi connectivity index (χ3v) is 5.72. The molecule has 2 atom stereocenters. The number of rotatable bonds is 3. The Morgan fingerprint density at radius 3 is 2.76 bits per heavy atom. The van der Waals surface area contributed by atoms with E-state index in [0.29, 0.717) is 12.8 Å². The molecule has 0 spiro atoms. The lowest BCUT2D eigenvalue weighted by Gasteiger charge is -2.35. The Labute approximate surface area is 123 Å². The first-order valence-electron chi connectivity index (χ1n) is 6.61. The topological polar surface area (TPSA) is 98.5 Å². The summed E-state index contributed by atoms with van der Waals surface area (Å²) in [6.45, 7) is 1.74. The number of piperidine rings is 1. The highest BCUT2D eigenvalue weighted by atomic mass is 32.2. The van der Waals surface area contributed by atoms with Crippen LogP contribution in [0.5, 0.6) is 0 Å². The molecule has 1 saturated heterocycles. The van der Waals surface area contributed by atoms with Crippen LogP contribution >= 0.6 is 0 Å². The third-order valence-electron chi connectivity index (χ3n) is 3.74. The van der Waals surface area contributed by atoms with Gasteiger partial charge in [-0.3, -0.25) is 4.79 Å². The van der Waals surface area contributed by atoms with Gasteiger partial charge in [-0.15, -0.1) is 0 Å². The van der Waals surface area contributed by atoms with Crippen LogP contribution in [0.3, 0.4) is 0 Å². The molecule has 1 heterocycles. The van der Waals surface area contributed by atoms with E-state index in [4.69, 9.17) is 10.4 Å². The van der Waals surface area contributed by atoms with Gasteiger partial charge in [0.2, 0.25) is 10.0 Å².